The molecular weight excluding hydrogens is 293 g/mol. The van der Waals surface area contributed by atoms with Crippen LogP contribution in [0, 0.1) is 0 Å². The Morgan fingerprint density at radius 3 is 2.50 bits per heavy atom. The third kappa shape index (κ3) is 3.88. The highest BCUT2D eigenvalue weighted by Crippen LogP contribution is 2.31. The first-order valence-electron chi connectivity index (χ1n) is 7.27. The lowest BCUT2D eigenvalue weighted by Gasteiger charge is -2.34. The lowest BCUT2D eigenvalue weighted by atomic mass is 10.0. The number of hydrogen-bond acceptors (Lipinski definition) is 2. The van der Waals surface area contributed by atoms with Gasteiger partial charge < -0.3 is 10.2 Å². The Bertz CT molecular complexity index is 531. The molecule has 3 nitrogen and oxygen atoms in total. The second kappa shape index (κ2) is 6.96. The monoisotopic (exact) mass is 312 g/mol. The molecule has 1 aliphatic heterocycles. The van der Waals surface area contributed by atoms with Crippen LogP contribution in [0.25, 0.3) is 0 Å². The van der Waals surface area contributed by atoms with Gasteiger partial charge in [-0.15, -0.1) is 0 Å². The van der Waals surface area contributed by atoms with Gasteiger partial charge in [0.05, 0.1) is 5.56 Å². The molecule has 1 atom stereocenters. The molecule has 1 fully saturated rings. The zero-order chi connectivity index (χ0) is 16.2. The van der Waals surface area contributed by atoms with Gasteiger partial charge in [-0.25, -0.2) is 0 Å². The summed E-state index contributed by atoms with van der Waals surface area (Å²) >= 11 is 0. The predicted octanol–water partition coefficient (Wildman–Crippen LogP) is 3.37. The van der Waals surface area contributed by atoms with Gasteiger partial charge in [-0.2, -0.15) is 13.2 Å². The number of benzene rings is 1. The van der Waals surface area contributed by atoms with E-state index in [9.17, 15) is 18.0 Å². The van der Waals surface area contributed by atoms with Crippen molar-refractivity contribution in [3.8, 4) is 0 Å². The molecule has 1 aromatic rings. The Balaban J connectivity index is 2.29. The van der Waals surface area contributed by atoms with E-state index in [-0.39, 0.29) is 11.9 Å². The van der Waals surface area contributed by atoms with Crippen LogP contribution < -0.4 is 10.2 Å². The van der Waals surface area contributed by atoms with Crippen molar-refractivity contribution in [3.63, 3.8) is 0 Å². The first kappa shape index (κ1) is 16.5. The molecule has 1 amide bonds. The zero-order valence-corrected chi connectivity index (χ0v) is 12.4. The lowest BCUT2D eigenvalue weighted by molar-refractivity contribution is -0.137. The van der Waals surface area contributed by atoms with E-state index in [1.165, 1.54) is 18.2 Å². The standard InChI is InChI=1S/C16H19F3N2O/c1-2-4-15(22)21(14-5-3-10-20-11-14)13-8-6-12(7-9-13)16(17,18)19/h2,4,6-9,14,20H,3,5,10-11H2,1H3. The minimum absolute atomic E-state index is 0.0470. The van der Waals surface area contributed by atoms with E-state index in [1.807, 2.05) is 0 Å². The SMILES string of the molecule is CC=CC(=O)N(c1ccc(C(F)(F)F)cc1)C1CCCNC1. The maximum absolute atomic E-state index is 12.7. The number of carbonyl (C=O) groups excluding carboxylic acids is 1. The number of piperidine rings is 1. The third-order valence-corrected chi connectivity index (χ3v) is 3.66. The van der Waals surface area contributed by atoms with Gasteiger partial charge in [0.1, 0.15) is 0 Å². The first-order valence-corrected chi connectivity index (χ1v) is 7.27. The number of alkyl halides is 3. The highest BCUT2D eigenvalue weighted by Gasteiger charge is 2.31. The number of halogens is 3. The Kier molecular flexibility index (Phi) is 5.24. The van der Waals surface area contributed by atoms with Crippen molar-refractivity contribution in [1.82, 2.24) is 5.32 Å². The summed E-state index contributed by atoms with van der Waals surface area (Å²) in [6.45, 7) is 3.28. The summed E-state index contributed by atoms with van der Waals surface area (Å²) in [6, 6.07) is 4.70. The average Bonchev–Trinajstić information content (AvgIpc) is 2.48. The van der Waals surface area contributed by atoms with E-state index in [1.54, 1.807) is 17.9 Å². The molecule has 1 N–H and O–H groups in total. The minimum atomic E-state index is -4.37. The van der Waals surface area contributed by atoms with Gasteiger partial charge in [0, 0.05) is 18.3 Å². The largest absolute Gasteiger partial charge is 0.416 e. The molecule has 1 aromatic carbocycles. The van der Waals surface area contributed by atoms with E-state index < -0.39 is 11.7 Å². The van der Waals surface area contributed by atoms with Gasteiger partial charge in [-0.05, 0) is 56.7 Å². The predicted molar refractivity (Wildman–Crippen MR) is 79.6 cm³/mol. The van der Waals surface area contributed by atoms with Crippen LogP contribution in [0.4, 0.5) is 18.9 Å². The van der Waals surface area contributed by atoms with Crippen molar-refractivity contribution in [1.29, 1.82) is 0 Å². The number of carbonyl (C=O) groups is 1. The van der Waals surface area contributed by atoms with Gasteiger partial charge >= 0.3 is 6.18 Å². The number of anilines is 1. The van der Waals surface area contributed by atoms with Crippen LogP contribution in [0.1, 0.15) is 25.3 Å². The fraction of sp³-hybridized carbons (Fsp3) is 0.438. The van der Waals surface area contributed by atoms with Gasteiger partial charge in [0.15, 0.2) is 0 Å². The fourth-order valence-corrected chi connectivity index (χ4v) is 2.61. The highest BCUT2D eigenvalue weighted by molar-refractivity contribution is 6.01. The number of allylic oxidation sites excluding steroid dienone is 1. The molecule has 6 heteroatoms. The quantitative estimate of drug-likeness (QED) is 0.868. The summed E-state index contributed by atoms with van der Waals surface area (Å²) in [4.78, 5) is 13.9. The van der Waals surface area contributed by atoms with Gasteiger partial charge in [-0.3, -0.25) is 4.79 Å². The molecule has 0 aromatic heterocycles. The number of amides is 1. The molecule has 120 valence electrons. The van der Waals surface area contributed by atoms with Crippen LogP contribution in [0.5, 0.6) is 0 Å². The van der Waals surface area contributed by atoms with Crippen molar-refractivity contribution >= 4 is 11.6 Å². The summed E-state index contributed by atoms with van der Waals surface area (Å²) in [6.07, 6.45) is 0.466. The van der Waals surface area contributed by atoms with Crippen molar-refractivity contribution in [2.45, 2.75) is 32.0 Å². The topological polar surface area (TPSA) is 32.3 Å². The van der Waals surface area contributed by atoms with Crippen molar-refractivity contribution in [3.05, 3.63) is 42.0 Å². The van der Waals surface area contributed by atoms with Crippen LogP contribution in [-0.4, -0.2) is 25.0 Å². The number of nitrogens with one attached hydrogen (secondary N) is 1. The van der Waals surface area contributed by atoms with Crippen LogP contribution in [0.3, 0.4) is 0 Å². The Hall–Kier alpha value is -1.82. The second-order valence-electron chi connectivity index (χ2n) is 5.25. The van der Waals surface area contributed by atoms with Crippen LogP contribution in [0.15, 0.2) is 36.4 Å². The molecule has 0 saturated carbocycles. The summed E-state index contributed by atoms with van der Waals surface area (Å²) in [5.74, 6) is -0.212. The average molecular weight is 312 g/mol. The molecule has 2 rings (SSSR count). The minimum Gasteiger partial charge on any atom is -0.315 e. The summed E-state index contributed by atoms with van der Waals surface area (Å²) in [7, 11) is 0. The van der Waals surface area contributed by atoms with Gasteiger partial charge in [0.2, 0.25) is 0 Å². The van der Waals surface area contributed by atoms with E-state index in [0.29, 0.717) is 12.2 Å². The van der Waals surface area contributed by atoms with E-state index >= 15 is 0 Å². The van der Waals surface area contributed by atoms with E-state index in [4.69, 9.17) is 0 Å². The normalized spacial score (nSPS) is 19.4. The zero-order valence-electron chi connectivity index (χ0n) is 12.4. The van der Waals surface area contributed by atoms with Gasteiger partial charge in [-0.1, -0.05) is 6.08 Å². The van der Waals surface area contributed by atoms with Crippen LogP contribution in [-0.2, 0) is 11.0 Å². The second-order valence-corrected chi connectivity index (χ2v) is 5.25. The fourth-order valence-electron chi connectivity index (χ4n) is 2.61. The summed E-state index contributed by atoms with van der Waals surface area (Å²) in [5, 5.41) is 3.22. The molecule has 1 unspecified atom stereocenters. The smallest absolute Gasteiger partial charge is 0.315 e. The molecule has 1 saturated heterocycles. The van der Waals surface area contributed by atoms with Crippen LogP contribution >= 0.6 is 0 Å². The van der Waals surface area contributed by atoms with Gasteiger partial charge in [0.25, 0.3) is 5.91 Å². The number of nitrogens with zero attached hydrogens (tertiary/aromatic N) is 1. The molecule has 1 aliphatic rings. The maximum atomic E-state index is 12.7. The number of hydrogen-bond donors (Lipinski definition) is 1. The molecule has 22 heavy (non-hydrogen) atoms. The molecular formula is C16H19F3N2O. The Labute approximate surface area is 127 Å². The van der Waals surface area contributed by atoms with Crippen molar-refractivity contribution < 1.29 is 18.0 Å². The van der Waals surface area contributed by atoms with E-state index in [0.717, 1.165) is 31.5 Å². The molecule has 0 spiro atoms. The van der Waals surface area contributed by atoms with Crippen LogP contribution in [0.2, 0.25) is 0 Å². The summed E-state index contributed by atoms with van der Waals surface area (Å²) in [5.41, 5.74) is -0.221. The first-order chi connectivity index (χ1) is 10.4. The number of rotatable bonds is 3. The third-order valence-electron chi connectivity index (χ3n) is 3.66. The maximum Gasteiger partial charge on any atom is 0.416 e. The Morgan fingerprint density at radius 1 is 1.32 bits per heavy atom. The molecule has 0 bridgehead atoms. The lowest BCUT2D eigenvalue weighted by Crippen LogP contribution is -2.48. The van der Waals surface area contributed by atoms with Crippen molar-refractivity contribution in [2.75, 3.05) is 18.0 Å². The molecule has 0 aliphatic carbocycles. The Morgan fingerprint density at radius 2 is 2.00 bits per heavy atom. The van der Waals surface area contributed by atoms with Crippen molar-refractivity contribution in [2.24, 2.45) is 0 Å². The highest BCUT2D eigenvalue weighted by atomic mass is 19.4. The van der Waals surface area contributed by atoms with E-state index in [2.05, 4.69) is 5.32 Å². The molecule has 1 heterocycles. The molecule has 0 radical (unpaired) electrons. The summed E-state index contributed by atoms with van der Waals surface area (Å²) < 4.78 is 38.0.